The van der Waals surface area contributed by atoms with Crippen LogP contribution in [0.2, 0.25) is 0 Å². The van der Waals surface area contributed by atoms with Crippen molar-refractivity contribution in [1.82, 2.24) is 15.1 Å². The first-order chi connectivity index (χ1) is 11.1. The van der Waals surface area contributed by atoms with E-state index in [1.807, 2.05) is 36.1 Å². The summed E-state index contributed by atoms with van der Waals surface area (Å²) in [6, 6.07) is 10.1. The predicted molar refractivity (Wildman–Crippen MR) is 91.2 cm³/mol. The summed E-state index contributed by atoms with van der Waals surface area (Å²) in [6.45, 7) is 9.16. The summed E-state index contributed by atoms with van der Waals surface area (Å²) in [6.07, 6.45) is 0. The molecule has 0 saturated heterocycles. The highest BCUT2D eigenvalue weighted by atomic mass is 16.2. The van der Waals surface area contributed by atoms with Gasteiger partial charge in [-0.2, -0.15) is 10.2 Å². The van der Waals surface area contributed by atoms with Crippen molar-refractivity contribution in [2.24, 2.45) is 0 Å². The highest BCUT2D eigenvalue weighted by molar-refractivity contribution is 5.93. The van der Waals surface area contributed by atoms with Crippen molar-refractivity contribution in [2.45, 2.75) is 27.3 Å². The number of rotatable bonds is 2. The lowest BCUT2D eigenvalue weighted by atomic mass is 10.0. The maximum Gasteiger partial charge on any atom is 0.223 e. The first-order valence-electron chi connectivity index (χ1n) is 8.02. The first-order valence-corrected chi connectivity index (χ1v) is 8.02. The van der Waals surface area contributed by atoms with Crippen LogP contribution in [0.15, 0.2) is 30.3 Å². The summed E-state index contributed by atoms with van der Waals surface area (Å²) in [5.74, 6) is 0.0899. The quantitative estimate of drug-likeness (QED) is 0.855. The summed E-state index contributed by atoms with van der Waals surface area (Å²) >= 11 is 0. The number of likely N-dealkylation sites (N-methyl/N-ethyl adjacent to an activating group) is 1. The number of benzene rings is 1. The van der Waals surface area contributed by atoms with Crippen LogP contribution in [0.4, 0.5) is 5.69 Å². The second-order valence-corrected chi connectivity index (χ2v) is 5.94. The molecule has 1 aromatic heterocycles. The van der Waals surface area contributed by atoms with Gasteiger partial charge in [0.05, 0.1) is 11.4 Å². The molecule has 0 unspecified atom stereocenters. The molecule has 0 aliphatic carbocycles. The SMILES string of the molecule is CCN1CCN(C(C)=O)c2ccc(-c3ccc(C)nn3)cc2C1. The van der Waals surface area contributed by atoms with Crippen molar-refractivity contribution >= 4 is 11.6 Å². The largest absolute Gasteiger partial charge is 0.311 e. The van der Waals surface area contributed by atoms with E-state index >= 15 is 0 Å². The van der Waals surface area contributed by atoms with Crippen LogP contribution in [0, 0.1) is 6.92 Å². The first kappa shape index (κ1) is 15.6. The molecule has 2 aromatic rings. The van der Waals surface area contributed by atoms with E-state index in [9.17, 15) is 4.79 Å². The molecule has 0 fully saturated rings. The van der Waals surface area contributed by atoms with Gasteiger partial charge in [0.25, 0.3) is 0 Å². The Bertz CT molecular complexity index is 711. The van der Waals surface area contributed by atoms with Crippen LogP contribution in [0.25, 0.3) is 11.3 Å². The minimum atomic E-state index is 0.0899. The van der Waals surface area contributed by atoms with Gasteiger partial charge in [-0.25, -0.2) is 0 Å². The van der Waals surface area contributed by atoms with Crippen LogP contribution in [0.3, 0.4) is 0 Å². The Kier molecular flexibility index (Phi) is 4.39. The fraction of sp³-hybridized carbons (Fsp3) is 0.389. The Labute approximate surface area is 136 Å². The molecular formula is C18H22N4O. The van der Waals surface area contributed by atoms with Gasteiger partial charge in [-0.05, 0) is 43.3 Å². The molecule has 3 rings (SSSR count). The van der Waals surface area contributed by atoms with Gasteiger partial charge in [-0.1, -0.05) is 13.0 Å². The molecule has 5 heteroatoms. The molecule has 0 spiro atoms. The lowest BCUT2D eigenvalue weighted by molar-refractivity contribution is -0.116. The van der Waals surface area contributed by atoms with Crippen LogP contribution in [0.1, 0.15) is 25.1 Å². The molecule has 0 saturated carbocycles. The Hall–Kier alpha value is -2.27. The fourth-order valence-electron chi connectivity index (χ4n) is 2.97. The molecular weight excluding hydrogens is 288 g/mol. The van der Waals surface area contributed by atoms with E-state index in [0.717, 1.165) is 48.8 Å². The highest BCUT2D eigenvalue weighted by Crippen LogP contribution is 2.29. The molecule has 23 heavy (non-hydrogen) atoms. The number of carbonyl (C=O) groups excluding carboxylic acids is 1. The van der Waals surface area contributed by atoms with Gasteiger partial charge in [0, 0.05) is 37.8 Å². The average Bonchev–Trinajstić information content (AvgIpc) is 2.74. The van der Waals surface area contributed by atoms with Crippen LogP contribution >= 0.6 is 0 Å². The number of amides is 1. The molecule has 0 atom stereocenters. The van der Waals surface area contributed by atoms with E-state index in [-0.39, 0.29) is 5.91 Å². The Morgan fingerprint density at radius 2 is 2.00 bits per heavy atom. The van der Waals surface area contributed by atoms with Crippen LogP contribution in [-0.4, -0.2) is 40.6 Å². The maximum absolute atomic E-state index is 12.0. The van der Waals surface area contributed by atoms with E-state index in [0.29, 0.717) is 0 Å². The summed E-state index contributed by atoms with van der Waals surface area (Å²) in [4.78, 5) is 16.2. The molecule has 0 N–H and O–H groups in total. The van der Waals surface area contributed by atoms with Gasteiger partial charge < -0.3 is 4.90 Å². The lowest BCUT2D eigenvalue weighted by Crippen LogP contribution is -2.34. The topological polar surface area (TPSA) is 49.3 Å². The fourth-order valence-corrected chi connectivity index (χ4v) is 2.97. The van der Waals surface area contributed by atoms with E-state index in [1.54, 1.807) is 6.92 Å². The average molecular weight is 310 g/mol. The van der Waals surface area contributed by atoms with Crippen molar-refractivity contribution in [2.75, 3.05) is 24.5 Å². The normalized spacial score (nSPS) is 15.2. The van der Waals surface area contributed by atoms with Crippen molar-refractivity contribution in [1.29, 1.82) is 0 Å². The molecule has 2 heterocycles. The van der Waals surface area contributed by atoms with Gasteiger partial charge in [0.1, 0.15) is 0 Å². The standard InChI is InChI=1S/C18H22N4O/c1-4-21-9-10-22(14(3)23)18-8-6-15(11-16(18)12-21)17-7-5-13(2)19-20-17/h5-8,11H,4,9-10,12H2,1-3H3. The minimum Gasteiger partial charge on any atom is -0.311 e. The molecule has 0 bridgehead atoms. The van der Waals surface area contributed by atoms with Gasteiger partial charge in [-0.15, -0.1) is 0 Å². The number of hydrogen-bond acceptors (Lipinski definition) is 4. The van der Waals surface area contributed by atoms with Gasteiger partial charge in [0.2, 0.25) is 5.91 Å². The number of fused-ring (bicyclic) bond motifs is 1. The molecule has 0 radical (unpaired) electrons. The third-order valence-electron chi connectivity index (χ3n) is 4.33. The van der Waals surface area contributed by atoms with E-state index in [2.05, 4.69) is 28.1 Å². The number of anilines is 1. The summed E-state index contributed by atoms with van der Waals surface area (Å²) in [5.41, 5.74) is 4.98. The second-order valence-electron chi connectivity index (χ2n) is 5.94. The van der Waals surface area contributed by atoms with Crippen LogP contribution in [0.5, 0.6) is 0 Å². The monoisotopic (exact) mass is 310 g/mol. The van der Waals surface area contributed by atoms with Crippen molar-refractivity contribution < 1.29 is 4.79 Å². The molecule has 1 amide bonds. The van der Waals surface area contributed by atoms with Gasteiger partial charge in [-0.3, -0.25) is 9.69 Å². The molecule has 1 aliphatic heterocycles. The Balaban J connectivity index is 2.03. The Morgan fingerprint density at radius 1 is 1.17 bits per heavy atom. The zero-order valence-corrected chi connectivity index (χ0v) is 13.9. The predicted octanol–water partition coefficient (Wildman–Crippen LogP) is 2.64. The zero-order valence-electron chi connectivity index (χ0n) is 13.9. The minimum absolute atomic E-state index is 0.0899. The zero-order chi connectivity index (χ0) is 16.4. The second kappa shape index (κ2) is 6.46. The third-order valence-corrected chi connectivity index (χ3v) is 4.33. The number of aryl methyl sites for hydroxylation is 1. The van der Waals surface area contributed by atoms with Gasteiger partial charge in [0.15, 0.2) is 0 Å². The lowest BCUT2D eigenvalue weighted by Gasteiger charge is -2.21. The number of hydrogen-bond donors (Lipinski definition) is 0. The smallest absolute Gasteiger partial charge is 0.223 e. The third kappa shape index (κ3) is 3.24. The van der Waals surface area contributed by atoms with E-state index in [4.69, 9.17) is 0 Å². The molecule has 1 aliphatic rings. The van der Waals surface area contributed by atoms with Crippen LogP contribution < -0.4 is 4.90 Å². The van der Waals surface area contributed by atoms with E-state index in [1.165, 1.54) is 5.56 Å². The number of aromatic nitrogens is 2. The Morgan fingerprint density at radius 3 is 2.65 bits per heavy atom. The summed E-state index contributed by atoms with van der Waals surface area (Å²) in [5, 5.41) is 8.41. The van der Waals surface area contributed by atoms with Crippen molar-refractivity contribution in [3.63, 3.8) is 0 Å². The highest BCUT2D eigenvalue weighted by Gasteiger charge is 2.22. The molecule has 120 valence electrons. The van der Waals surface area contributed by atoms with Crippen LogP contribution in [-0.2, 0) is 11.3 Å². The van der Waals surface area contributed by atoms with Crippen molar-refractivity contribution in [3.05, 3.63) is 41.6 Å². The maximum atomic E-state index is 12.0. The number of carbonyl (C=O) groups is 1. The van der Waals surface area contributed by atoms with Gasteiger partial charge >= 0.3 is 0 Å². The summed E-state index contributed by atoms with van der Waals surface area (Å²) < 4.78 is 0. The molecule has 5 nitrogen and oxygen atoms in total. The summed E-state index contributed by atoms with van der Waals surface area (Å²) in [7, 11) is 0. The number of nitrogens with zero attached hydrogens (tertiary/aromatic N) is 4. The van der Waals surface area contributed by atoms with E-state index < -0.39 is 0 Å². The van der Waals surface area contributed by atoms with Crippen molar-refractivity contribution in [3.8, 4) is 11.3 Å². The molecule has 1 aromatic carbocycles.